The number of anilines is 1. The van der Waals surface area contributed by atoms with E-state index < -0.39 is 12.7 Å². The number of fused-ring (bicyclic) bond motifs is 1. The standard InChI is InChI=1S/C13H16F3N3O/c1-8(2)19(7-13(14,15)16)6-11-18-12-9(17)4-3-5-10(12)20-11/h3-5,8H,6-7,17H2,1-2H3. The first-order chi connectivity index (χ1) is 9.26. The molecule has 2 aromatic rings. The molecule has 0 amide bonds. The number of para-hydroxylation sites is 1. The number of rotatable bonds is 4. The van der Waals surface area contributed by atoms with Gasteiger partial charge in [0.05, 0.1) is 18.8 Å². The molecule has 0 atom stereocenters. The molecule has 1 aromatic heterocycles. The molecule has 1 aromatic carbocycles. The van der Waals surface area contributed by atoms with E-state index in [-0.39, 0.29) is 18.5 Å². The Morgan fingerprint density at radius 2 is 2.05 bits per heavy atom. The number of hydrogen-bond acceptors (Lipinski definition) is 4. The quantitative estimate of drug-likeness (QED) is 0.877. The van der Waals surface area contributed by atoms with Crippen LogP contribution in [0.1, 0.15) is 19.7 Å². The first kappa shape index (κ1) is 14.6. The Labute approximate surface area is 114 Å². The van der Waals surface area contributed by atoms with Crippen molar-refractivity contribution in [3.05, 3.63) is 24.1 Å². The van der Waals surface area contributed by atoms with Crippen LogP contribution in [-0.4, -0.2) is 28.6 Å². The van der Waals surface area contributed by atoms with Crippen molar-refractivity contribution in [2.45, 2.75) is 32.6 Å². The number of oxazole rings is 1. The summed E-state index contributed by atoms with van der Waals surface area (Å²) in [4.78, 5) is 5.41. The van der Waals surface area contributed by atoms with Gasteiger partial charge in [-0.1, -0.05) is 6.07 Å². The van der Waals surface area contributed by atoms with Crippen molar-refractivity contribution in [2.24, 2.45) is 0 Å². The number of hydrogen-bond donors (Lipinski definition) is 1. The van der Waals surface area contributed by atoms with Crippen molar-refractivity contribution < 1.29 is 17.6 Å². The molecule has 0 saturated heterocycles. The van der Waals surface area contributed by atoms with E-state index in [9.17, 15) is 13.2 Å². The smallest absolute Gasteiger partial charge is 0.401 e. The molecular formula is C13H16F3N3O. The van der Waals surface area contributed by atoms with Gasteiger partial charge in [-0.3, -0.25) is 4.90 Å². The third kappa shape index (κ3) is 3.41. The second-order valence-electron chi connectivity index (χ2n) is 4.92. The molecule has 0 spiro atoms. The highest BCUT2D eigenvalue weighted by Gasteiger charge is 2.32. The lowest BCUT2D eigenvalue weighted by Crippen LogP contribution is -2.38. The van der Waals surface area contributed by atoms with Gasteiger partial charge in [-0.05, 0) is 26.0 Å². The van der Waals surface area contributed by atoms with E-state index in [1.54, 1.807) is 32.0 Å². The van der Waals surface area contributed by atoms with Crippen LogP contribution >= 0.6 is 0 Å². The monoisotopic (exact) mass is 287 g/mol. The van der Waals surface area contributed by atoms with Gasteiger partial charge in [0.15, 0.2) is 5.58 Å². The molecule has 0 bridgehead atoms. The summed E-state index contributed by atoms with van der Waals surface area (Å²) < 4.78 is 43.0. The third-order valence-electron chi connectivity index (χ3n) is 2.95. The molecule has 0 aliphatic rings. The second kappa shape index (κ2) is 5.32. The first-order valence-electron chi connectivity index (χ1n) is 6.21. The van der Waals surface area contributed by atoms with E-state index in [0.717, 1.165) is 0 Å². The molecule has 4 nitrogen and oxygen atoms in total. The predicted molar refractivity (Wildman–Crippen MR) is 70.0 cm³/mol. The fourth-order valence-corrected chi connectivity index (χ4v) is 1.91. The topological polar surface area (TPSA) is 55.3 Å². The van der Waals surface area contributed by atoms with Crippen molar-refractivity contribution in [1.82, 2.24) is 9.88 Å². The minimum atomic E-state index is -4.25. The average Bonchev–Trinajstić information content (AvgIpc) is 2.70. The van der Waals surface area contributed by atoms with Gasteiger partial charge in [0, 0.05) is 6.04 Å². The summed E-state index contributed by atoms with van der Waals surface area (Å²) in [6, 6.07) is 4.79. The van der Waals surface area contributed by atoms with Gasteiger partial charge in [0.2, 0.25) is 5.89 Å². The molecule has 2 N–H and O–H groups in total. The van der Waals surface area contributed by atoms with Crippen LogP contribution in [0.3, 0.4) is 0 Å². The number of alkyl halides is 3. The minimum Gasteiger partial charge on any atom is -0.439 e. The second-order valence-corrected chi connectivity index (χ2v) is 4.92. The van der Waals surface area contributed by atoms with Gasteiger partial charge < -0.3 is 10.2 Å². The number of nitrogen functional groups attached to an aromatic ring is 1. The molecule has 7 heteroatoms. The summed E-state index contributed by atoms with van der Waals surface area (Å²) in [6.45, 7) is 2.38. The van der Waals surface area contributed by atoms with Crippen molar-refractivity contribution >= 4 is 16.8 Å². The number of nitrogens with two attached hydrogens (primary N) is 1. The van der Waals surface area contributed by atoms with Gasteiger partial charge in [-0.25, -0.2) is 4.98 Å². The van der Waals surface area contributed by atoms with Gasteiger partial charge in [0.25, 0.3) is 0 Å². The van der Waals surface area contributed by atoms with Crippen LogP contribution < -0.4 is 5.73 Å². The number of halogens is 3. The van der Waals surface area contributed by atoms with Crippen LogP contribution in [0.15, 0.2) is 22.6 Å². The highest BCUT2D eigenvalue weighted by Crippen LogP contribution is 2.24. The number of benzene rings is 1. The Morgan fingerprint density at radius 3 is 2.60 bits per heavy atom. The summed E-state index contributed by atoms with van der Waals surface area (Å²) in [7, 11) is 0. The van der Waals surface area contributed by atoms with Crippen molar-refractivity contribution in [3.63, 3.8) is 0 Å². The lowest BCUT2D eigenvalue weighted by molar-refractivity contribution is -0.151. The van der Waals surface area contributed by atoms with Crippen molar-refractivity contribution in [3.8, 4) is 0 Å². The highest BCUT2D eigenvalue weighted by molar-refractivity contribution is 5.85. The summed E-state index contributed by atoms with van der Waals surface area (Å²) in [6.07, 6.45) is -4.25. The molecule has 20 heavy (non-hydrogen) atoms. The maximum atomic E-state index is 12.5. The van der Waals surface area contributed by atoms with E-state index in [2.05, 4.69) is 4.98 Å². The van der Waals surface area contributed by atoms with Gasteiger partial charge >= 0.3 is 6.18 Å². The van der Waals surface area contributed by atoms with Gasteiger partial charge in [-0.15, -0.1) is 0 Å². The molecular weight excluding hydrogens is 271 g/mol. The molecule has 110 valence electrons. The lowest BCUT2D eigenvalue weighted by Gasteiger charge is -2.25. The maximum absolute atomic E-state index is 12.5. The van der Waals surface area contributed by atoms with E-state index in [1.807, 2.05) is 0 Å². The summed E-state index contributed by atoms with van der Waals surface area (Å²) in [5.41, 5.74) is 7.16. The fourth-order valence-electron chi connectivity index (χ4n) is 1.91. The van der Waals surface area contributed by atoms with Crippen molar-refractivity contribution in [1.29, 1.82) is 0 Å². The van der Waals surface area contributed by atoms with Crippen LogP contribution in [-0.2, 0) is 6.54 Å². The molecule has 2 rings (SSSR count). The number of aromatic nitrogens is 1. The minimum absolute atomic E-state index is 0.00863. The molecule has 0 aliphatic carbocycles. The van der Waals surface area contributed by atoms with E-state index in [1.165, 1.54) is 4.90 Å². The molecule has 0 fully saturated rings. The Balaban J connectivity index is 2.22. The Bertz CT molecular complexity index is 592. The lowest BCUT2D eigenvalue weighted by atomic mass is 10.3. The Morgan fingerprint density at radius 1 is 1.35 bits per heavy atom. The average molecular weight is 287 g/mol. The van der Waals surface area contributed by atoms with Crippen LogP contribution in [0.2, 0.25) is 0 Å². The first-order valence-corrected chi connectivity index (χ1v) is 6.21. The third-order valence-corrected chi connectivity index (χ3v) is 2.95. The molecule has 0 saturated carbocycles. The fraction of sp³-hybridized carbons (Fsp3) is 0.462. The molecule has 0 unspecified atom stereocenters. The summed E-state index contributed by atoms with van der Waals surface area (Å²) in [5, 5.41) is 0. The largest absolute Gasteiger partial charge is 0.439 e. The summed E-state index contributed by atoms with van der Waals surface area (Å²) in [5.74, 6) is 0.232. The predicted octanol–water partition coefficient (Wildman–Crippen LogP) is 3.18. The van der Waals surface area contributed by atoms with Crippen LogP contribution in [0.4, 0.5) is 18.9 Å². The van der Waals surface area contributed by atoms with E-state index >= 15 is 0 Å². The maximum Gasteiger partial charge on any atom is 0.401 e. The zero-order valence-corrected chi connectivity index (χ0v) is 11.2. The normalized spacial score (nSPS) is 12.8. The zero-order chi connectivity index (χ0) is 14.9. The van der Waals surface area contributed by atoms with Crippen molar-refractivity contribution in [2.75, 3.05) is 12.3 Å². The Hall–Kier alpha value is -1.76. The van der Waals surface area contributed by atoms with Crippen LogP contribution in [0.5, 0.6) is 0 Å². The highest BCUT2D eigenvalue weighted by atomic mass is 19.4. The van der Waals surface area contributed by atoms with Crippen LogP contribution in [0, 0.1) is 0 Å². The summed E-state index contributed by atoms with van der Waals surface area (Å²) >= 11 is 0. The number of nitrogens with zero attached hydrogens (tertiary/aromatic N) is 2. The van der Waals surface area contributed by atoms with Gasteiger partial charge in [-0.2, -0.15) is 13.2 Å². The van der Waals surface area contributed by atoms with E-state index in [4.69, 9.17) is 10.2 Å². The van der Waals surface area contributed by atoms with Crippen LogP contribution in [0.25, 0.3) is 11.1 Å². The van der Waals surface area contributed by atoms with E-state index in [0.29, 0.717) is 16.8 Å². The molecule has 1 heterocycles. The SMILES string of the molecule is CC(C)N(Cc1nc2c(N)cccc2o1)CC(F)(F)F. The van der Waals surface area contributed by atoms with Gasteiger partial charge in [0.1, 0.15) is 5.52 Å². The molecule has 0 radical (unpaired) electrons. The molecule has 0 aliphatic heterocycles. The zero-order valence-electron chi connectivity index (χ0n) is 11.2. The Kier molecular flexibility index (Phi) is 3.89.